The molecule has 0 aliphatic heterocycles. The first-order valence-corrected chi connectivity index (χ1v) is 9.61. The van der Waals surface area contributed by atoms with Crippen molar-refractivity contribution in [1.82, 2.24) is 5.32 Å². The van der Waals surface area contributed by atoms with E-state index in [-0.39, 0.29) is 11.3 Å². The second kappa shape index (κ2) is 8.79. The summed E-state index contributed by atoms with van der Waals surface area (Å²) in [6.07, 6.45) is 0.165. The summed E-state index contributed by atoms with van der Waals surface area (Å²) in [7, 11) is -3.72. The van der Waals surface area contributed by atoms with Crippen LogP contribution in [0.4, 0.5) is 5.69 Å². The fraction of sp³-hybridized carbons (Fsp3) is 0.176. The molecule has 0 atom stereocenters. The van der Waals surface area contributed by atoms with E-state index in [2.05, 4.69) is 10.6 Å². The lowest BCUT2D eigenvalue weighted by Gasteiger charge is -2.08. The van der Waals surface area contributed by atoms with Gasteiger partial charge in [-0.2, -0.15) is 0 Å². The fourth-order valence-corrected chi connectivity index (χ4v) is 2.86. The minimum absolute atomic E-state index is 0.0292. The van der Waals surface area contributed by atoms with Crippen LogP contribution in [0.1, 0.15) is 12.0 Å². The zero-order valence-corrected chi connectivity index (χ0v) is 15.3. The molecule has 26 heavy (non-hydrogen) atoms. The number of rotatable bonds is 7. The zero-order chi connectivity index (χ0) is 19.2. The first-order valence-electron chi connectivity index (χ1n) is 7.68. The molecule has 0 aliphatic rings. The van der Waals surface area contributed by atoms with E-state index in [0.29, 0.717) is 23.7 Å². The van der Waals surface area contributed by atoms with Gasteiger partial charge in [0.25, 0.3) is 0 Å². The molecule has 0 spiro atoms. The van der Waals surface area contributed by atoms with Gasteiger partial charge in [0, 0.05) is 6.54 Å². The Morgan fingerprint density at radius 1 is 1.00 bits per heavy atom. The molecule has 7 nitrogen and oxygen atoms in total. The minimum atomic E-state index is -3.72. The van der Waals surface area contributed by atoms with Crippen LogP contribution in [0.3, 0.4) is 0 Å². The monoisotopic (exact) mass is 395 g/mol. The van der Waals surface area contributed by atoms with E-state index in [9.17, 15) is 18.0 Å². The van der Waals surface area contributed by atoms with Crippen molar-refractivity contribution in [3.63, 3.8) is 0 Å². The van der Waals surface area contributed by atoms with E-state index in [1.54, 1.807) is 36.4 Å². The topological polar surface area (TPSA) is 118 Å². The molecule has 0 radical (unpaired) electrons. The molecule has 0 aliphatic carbocycles. The van der Waals surface area contributed by atoms with Gasteiger partial charge in [0.05, 0.1) is 15.6 Å². The molecular formula is C17H18ClN3O4S. The van der Waals surface area contributed by atoms with Crippen molar-refractivity contribution in [2.75, 3.05) is 11.9 Å². The number of sulfonamides is 1. The van der Waals surface area contributed by atoms with Crippen LogP contribution in [0, 0.1) is 0 Å². The van der Waals surface area contributed by atoms with Gasteiger partial charge >= 0.3 is 0 Å². The minimum Gasteiger partial charge on any atom is -0.355 e. The van der Waals surface area contributed by atoms with Gasteiger partial charge in [-0.1, -0.05) is 35.9 Å². The van der Waals surface area contributed by atoms with Gasteiger partial charge in [0.15, 0.2) is 0 Å². The summed E-state index contributed by atoms with van der Waals surface area (Å²) in [5, 5.41) is 10.6. The molecule has 0 unspecified atom stereocenters. The van der Waals surface area contributed by atoms with Crippen molar-refractivity contribution in [3.05, 3.63) is 59.1 Å². The highest BCUT2D eigenvalue weighted by atomic mass is 35.5. The van der Waals surface area contributed by atoms with E-state index in [1.165, 1.54) is 12.1 Å². The molecular weight excluding hydrogens is 378 g/mol. The lowest BCUT2D eigenvalue weighted by Crippen LogP contribution is -2.29. The van der Waals surface area contributed by atoms with Crippen molar-refractivity contribution in [2.24, 2.45) is 5.14 Å². The van der Waals surface area contributed by atoms with Crippen LogP contribution < -0.4 is 15.8 Å². The smallest absolute Gasteiger partial charge is 0.238 e. The molecule has 0 aromatic heterocycles. The number of benzene rings is 2. The summed E-state index contributed by atoms with van der Waals surface area (Å²) >= 11 is 5.93. The summed E-state index contributed by atoms with van der Waals surface area (Å²) in [5.74, 6) is -0.885. The highest BCUT2D eigenvalue weighted by Gasteiger charge is 2.11. The Bertz CT molecular complexity index is 898. The average Bonchev–Trinajstić information content (AvgIpc) is 2.56. The second-order valence-electron chi connectivity index (χ2n) is 5.49. The number of halogens is 1. The van der Waals surface area contributed by atoms with Gasteiger partial charge in [0.2, 0.25) is 21.8 Å². The van der Waals surface area contributed by atoms with E-state index in [4.69, 9.17) is 16.7 Å². The summed E-state index contributed by atoms with van der Waals surface area (Å²) in [6.45, 7) is 0.312. The van der Waals surface area contributed by atoms with Gasteiger partial charge in [-0.15, -0.1) is 0 Å². The van der Waals surface area contributed by atoms with Crippen molar-refractivity contribution < 1.29 is 18.0 Å². The van der Waals surface area contributed by atoms with Crippen molar-refractivity contribution in [3.8, 4) is 0 Å². The number of amides is 2. The predicted molar refractivity (Wildman–Crippen MR) is 99.2 cm³/mol. The number of carbonyl (C=O) groups is 2. The van der Waals surface area contributed by atoms with Crippen LogP contribution in [0.25, 0.3) is 0 Å². The normalized spacial score (nSPS) is 11.0. The number of anilines is 1. The maximum absolute atomic E-state index is 11.8. The first kappa shape index (κ1) is 19.9. The van der Waals surface area contributed by atoms with Gasteiger partial charge in [0.1, 0.15) is 6.42 Å². The van der Waals surface area contributed by atoms with E-state index in [1.807, 2.05) is 0 Å². The lowest BCUT2D eigenvalue weighted by atomic mass is 10.1. The zero-order valence-electron chi connectivity index (χ0n) is 13.7. The number of para-hydroxylation sites is 1. The highest BCUT2D eigenvalue weighted by Crippen LogP contribution is 2.20. The first-order chi connectivity index (χ1) is 12.3. The van der Waals surface area contributed by atoms with E-state index < -0.39 is 21.8 Å². The van der Waals surface area contributed by atoms with Crippen LogP contribution in [-0.2, 0) is 26.0 Å². The Balaban J connectivity index is 1.76. The Hall–Kier alpha value is -2.42. The largest absolute Gasteiger partial charge is 0.355 e. The molecule has 138 valence electrons. The van der Waals surface area contributed by atoms with E-state index in [0.717, 1.165) is 5.56 Å². The number of carbonyl (C=O) groups excluding carboxylic acids is 2. The molecule has 2 aromatic rings. The molecule has 0 bridgehead atoms. The van der Waals surface area contributed by atoms with Crippen molar-refractivity contribution >= 4 is 39.1 Å². The summed E-state index contributed by atoms with van der Waals surface area (Å²) in [5.41, 5.74) is 1.28. The van der Waals surface area contributed by atoms with Crippen molar-refractivity contribution in [2.45, 2.75) is 17.7 Å². The summed E-state index contributed by atoms with van der Waals surface area (Å²) < 4.78 is 22.4. The molecule has 2 aromatic carbocycles. The second-order valence-corrected chi connectivity index (χ2v) is 7.46. The van der Waals surface area contributed by atoms with Crippen LogP contribution in [0.2, 0.25) is 5.02 Å². The van der Waals surface area contributed by atoms with Crippen LogP contribution in [-0.4, -0.2) is 26.8 Å². The molecule has 0 heterocycles. The van der Waals surface area contributed by atoms with Gasteiger partial charge in [-0.3, -0.25) is 9.59 Å². The number of hydrogen-bond donors (Lipinski definition) is 3. The molecule has 0 saturated heterocycles. The molecule has 0 fully saturated rings. The highest BCUT2D eigenvalue weighted by molar-refractivity contribution is 7.89. The number of nitrogens with one attached hydrogen (secondary N) is 2. The van der Waals surface area contributed by atoms with Crippen LogP contribution >= 0.6 is 11.6 Å². The maximum atomic E-state index is 11.8. The Morgan fingerprint density at radius 2 is 1.65 bits per heavy atom. The lowest BCUT2D eigenvalue weighted by molar-refractivity contribution is -0.126. The number of hydrogen-bond acceptors (Lipinski definition) is 4. The molecule has 2 amide bonds. The van der Waals surface area contributed by atoms with E-state index >= 15 is 0 Å². The van der Waals surface area contributed by atoms with Gasteiger partial charge in [-0.25, -0.2) is 13.6 Å². The quantitative estimate of drug-likeness (QED) is 0.618. The average molecular weight is 396 g/mol. The molecule has 4 N–H and O–H groups in total. The Kier molecular flexibility index (Phi) is 6.73. The maximum Gasteiger partial charge on any atom is 0.238 e. The van der Waals surface area contributed by atoms with Crippen molar-refractivity contribution in [1.29, 1.82) is 0 Å². The molecule has 9 heteroatoms. The predicted octanol–water partition coefficient (Wildman–Crippen LogP) is 1.67. The van der Waals surface area contributed by atoms with Gasteiger partial charge < -0.3 is 10.6 Å². The fourth-order valence-electron chi connectivity index (χ4n) is 2.16. The summed E-state index contributed by atoms with van der Waals surface area (Å²) in [4.78, 5) is 23.7. The third kappa shape index (κ3) is 6.14. The Labute approximate surface area is 156 Å². The SMILES string of the molecule is NS(=O)(=O)c1ccc(CCNC(=O)CC(=O)Nc2ccccc2Cl)cc1. The van der Waals surface area contributed by atoms with Gasteiger partial charge in [-0.05, 0) is 36.2 Å². The third-order valence-electron chi connectivity index (χ3n) is 3.46. The Morgan fingerprint density at radius 3 is 2.27 bits per heavy atom. The summed E-state index contributed by atoms with van der Waals surface area (Å²) in [6, 6.07) is 12.8. The molecule has 0 saturated carbocycles. The van der Waals surface area contributed by atoms with Crippen LogP contribution in [0.15, 0.2) is 53.4 Å². The number of primary sulfonamides is 1. The standard InChI is InChI=1S/C17H18ClN3O4S/c18-14-3-1-2-4-15(14)21-17(23)11-16(22)20-10-9-12-5-7-13(8-6-12)26(19,24)25/h1-8H,9-11H2,(H,20,22)(H,21,23)(H2,19,24,25). The third-order valence-corrected chi connectivity index (χ3v) is 4.72. The molecule has 2 rings (SSSR count). The van der Waals surface area contributed by atoms with Crippen LogP contribution in [0.5, 0.6) is 0 Å². The number of nitrogens with two attached hydrogens (primary N) is 1.